The third-order valence-electron chi connectivity index (χ3n) is 2.99. The van der Waals surface area contributed by atoms with Gasteiger partial charge >= 0.3 is 0 Å². The maximum Gasteiger partial charge on any atom is 0.169 e. The van der Waals surface area contributed by atoms with Crippen molar-refractivity contribution in [1.82, 2.24) is 0 Å². The monoisotopic (exact) mass is 285 g/mol. The summed E-state index contributed by atoms with van der Waals surface area (Å²) in [5, 5.41) is 0. The van der Waals surface area contributed by atoms with Gasteiger partial charge < -0.3 is 0 Å². The SMILES string of the molecule is C=C/C(=C\C=NCCC[n+]1ccc(C(C)=O)cc1)C(C)=O. The Hall–Kier alpha value is -2.36. The predicted molar refractivity (Wildman–Crippen MR) is 83.6 cm³/mol. The van der Waals surface area contributed by atoms with Crippen molar-refractivity contribution in [3.63, 3.8) is 0 Å². The van der Waals surface area contributed by atoms with Crippen LogP contribution >= 0.6 is 0 Å². The zero-order chi connectivity index (χ0) is 15.7. The Morgan fingerprint density at radius 2 is 1.95 bits per heavy atom. The number of aryl methyl sites for hydroxylation is 1. The number of carbonyl (C=O) groups excluding carboxylic acids is 2. The van der Waals surface area contributed by atoms with E-state index in [1.165, 1.54) is 13.0 Å². The minimum atomic E-state index is -0.0161. The number of nitrogens with zero attached hydrogens (tertiary/aromatic N) is 2. The first-order valence-electron chi connectivity index (χ1n) is 6.88. The van der Waals surface area contributed by atoms with Crippen LogP contribution in [0.15, 0.2) is 53.8 Å². The lowest BCUT2D eigenvalue weighted by atomic mass is 10.2. The summed E-state index contributed by atoms with van der Waals surface area (Å²) in [6.45, 7) is 8.15. The maximum absolute atomic E-state index is 11.2. The zero-order valence-corrected chi connectivity index (χ0v) is 12.6. The molecule has 4 nitrogen and oxygen atoms in total. The lowest BCUT2D eigenvalue weighted by Crippen LogP contribution is -2.33. The van der Waals surface area contributed by atoms with E-state index >= 15 is 0 Å². The van der Waals surface area contributed by atoms with Crippen LogP contribution in [0.4, 0.5) is 0 Å². The fourth-order valence-corrected chi connectivity index (χ4v) is 1.72. The standard InChI is InChI=1S/C17H21N2O2/c1-4-16(14(2)20)6-10-18-9-5-11-19-12-7-17(8-13-19)15(3)21/h4,6-8,10,12-13H,1,5,9,11H2,2-3H3/q+1/b16-6+,18-10?. The molecule has 21 heavy (non-hydrogen) atoms. The van der Waals surface area contributed by atoms with E-state index in [0.29, 0.717) is 12.1 Å². The Morgan fingerprint density at radius 1 is 1.29 bits per heavy atom. The number of aromatic nitrogens is 1. The summed E-state index contributed by atoms with van der Waals surface area (Å²) in [5.41, 5.74) is 1.28. The third kappa shape index (κ3) is 6.08. The first-order valence-corrected chi connectivity index (χ1v) is 6.88. The molecule has 1 aromatic heterocycles. The average molecular weight is 285 g/mol. The summed E-state index contributed by atoms with van der Waals surface area (Å²) in [6, 6.07) is 3.63. The van der Waals surface area contributed by atoms with E-state index in [9.17, 15) is 9.59 Å². The molecular weight excluding hydrogens is 264 g/mol. The van der Waals surface area contributed by atoms with Crippen molar-refractivity contribution < 1.29 is 14.2 Å². The number of ketones is 2. The molecule has 0 aliphatic rings. The van der Waals surface area contributed by atoms with Gasteiger partial charge in [-0.15, -0.1) is 0 Å². The molecule has 0 fully saturated rings. The Labute approximate surface area is 125 Å². The van der Waals surface area contributed by atoms with Crippen LogP contribution in [0.5, 0.6) is 0 Å². The highest BCUT2D eigenvalue weighted by molar-refractivity contribution is 5.99. The molecule has 0 amide bonds. The van der Waals surface area contributed by atoms with Gasteiger partial charge in [-0.05, 0) is 19.9 Å². The second-order valence-electron chi connectivity index (χ2n) is 4.67. The Balaban J connectivity index is 2.39. The van der Waals surface area contributed by atoms with Crippen molar-refractivity contribution in [1.29, 1.82) is 0 Å². The summed E-state index contributed by atoms with van der Waals surface area (Å²) in [7, 11) is 0. The fraction of sp³-hybridized carbons (Fsp3) is 0.294. The molecule has 4 heteroatoms. The van der Waals surface area contributed by atoms with Gasteiger partial charge in [0.15, 0.2) is 24.0 Å². The van der Waals surface area contributed by atoms with Crippen molar-refractivity contribution >= 4 is 17.8 Å². The summed E-state index contributed by atoms with van der Waals surface area (Å²) >= 11 is 0. The molecule has 110 valence electrons. The highest BCUT2D eigenvalue weighted by Crippen LogP contribution is 1.97. The van der Waals surface area contributed by atoms with E-state index in [1.54, 1.807) is 19.2 Å². The molecule has 0 spiro atoms. The molecule has 1 rings (SSSR count). The van der Waals surface area contributed by atoms with Crippen LogP contribution in [0.2, 0.25) is 0 Å². The van der Waals surface area contributed by atoms with Crippen LogP contribution in [-0.4, -0.2) is 24.3 Å². The van der Waals surface area contributed by atoms with Gasteiger partial charge in [-0.25, -0.2) is 4.57 Å². The van der Waals surface area contributed by atoms with Gasteiger partial charge in [-0.1, -0.05) is 12.7 Å². The molecular formula is C17H21N2O2+. The maximum atomic E-state index is 11.2. The van der Waals surface area contributed by atoms with Crippen molar-refractivity contribution in [3.8, 4) is 0 Å². The molecule has 0 aliphatic carbocycles. The van der Waals surface area contributed by atoms with Crippen LogP contribution in [-0.2, 0) is 11.3 Å². The summed E-state index contributed by atoms with van der Waals surface area (Å²) < 4.78 is 2.02. The van der Waals surface area contributed by atoms with E-state index in [1.807, 2.05) is 29.1 Å². The Morgan fingerprint density at radius 3 is 2.48 bits per heavy atom. The van der Waals surface area contributed by atoms with E-state index in [4.69, 9.17) is 0 Å². The highest BCUT2D eigenvalue weighted by atomic mass is 16.1. The topological polar surface area (TPSA) is 50.4 Å². The van der Waals surface area contributed by atoms with E-state index in [0.717, 1.165) is 18.5 Å². The number of aliphatic imine (C=N–C) groups is 1. The van der Waals surface area contributed by atoms with Gasteiger partial charge in [0, 0.05) is 42.4 Å². The summed E-state index contributed by atoms with van der Waals surface area (Å²) in [5.74, 6) is 0.0552. The molecule has 1 heterocycles. The van der Waals surface area contributed by atoms with Crippen LogP contribution < -0.4 is 4.57 Å². The van der Waals surface area contributed by atoms with E-state index < -0.39 is 0 Å². The molecule has 0 bridgehead atoms. The van der Waals surface area contributed by atoms with E-state index in [2.05, 4.69) is 11.6 Å². The molecule has 0 radical (unpaired) electrons. The normalized spacial score (nSPS) is 11.6. The second kappa shape index (κ2) is 8.74. The second-order valence-corrected chi connectivity index (χ2v) is 4.67. The number of allylic oxidation sites excluding steroid dienone is 3. The number of pyridine rings is 1. The fourth-order valence-electron chi connectivity index (χ4n) is 1.72. The zero-order valence-electron chi connectivity index (χ0n) is 12.6. The lowest BCUT2D eigenvalue weighted by molar-refractivity contribution is -0.697. The molecule has 0 N–H and O–H groups in total. The van der Waals surface area contributed by atoms with Gasteiger partial charge in [-0.2, -0.15) is 0 Å². The highest BCUT2D eigenvalue weighted by Gasteiger charge is 2.03. The first-order chi connectivity index (χ1) is 10.0. The molecule has 0 atom stereocenters. The van der Waals surface area contributed by atoms with Crippen LogP contribution in [0, 0.1) is 0 Å². The van der Waals surface area contributed by atoms with Gasteiger partial charge in [0.2, 0.25) is 0 Å². The van der Waals surface area contributed by atoms with Crippen LogP contribution in [0.25, 0.3) is 0 Å². The van der Waals surface area contributed by atoms with Crippen molar-refractivity contribution in [2.75, 3.05) is 6.54 Å². The number of Topliss-reactive ketones (excluding diaryl/α,β-unsaturated/α-hetero) is 2. The minimum Gasteiger partial charge on any atom is -0.295 e. The van der Waals surface area contributed by atoms with Gasteiger partial charge in [0.1, 0.15) is 6.54 Å². The van der Waals surface area contributed by atoms with Gasteiger partial charge in [0.25, 0.3) is 0 Å². The van der Waals surface area contributed by atoms with Gasteiger partial charge in [0.05, 0.1) is 0 Å². The molecule has 0 unspecified atom stereocenters. The Bertz CT molecular complexity index is 569. The summed E-state index contributed by atoms with van der Waals surface area (Å²) in [4.78, 5) is 26.5. The molecule has 0 saturated heterocycles. The quantitative estimate of drug-likeness (QED) is 0.184. The van der Waals surface area contributed by atoms with Gasteiger partial charge in [-0.3, -0.25) is 14.6 Å². The van der Waals surface area contributed by atoms with Crippen LogP contribution in [0.1, 0.15) is 30.6 Å². The Kier molecular flexibility index (Phi) is 6.95. The number of hydrogen-bond donors (Lipinski definition) is 0. The number of carbonyl (C=O) groups is 2. The molecule has 0 aliphatic heterocycles. The summed E-state index contributed by atoms with van der Waals surface area (Å²) in [6.07, 6.45) is 9.52. The van der Waals surface area contributed by atoms with Crippen molar-refractivity contribution in [3.05, 3.63) is 54.4 Å². The first kappa shape index (κ1) is 16.7. The number of hydrogen-bond acceptors (Lipinski definition) is 3. The van der Waals surface area contributed by atoms with E-state index in [-0.39, 0.29) is 11.6 Å². The lowest BCUT2D eigenvalue weighted by Gasteiger charge is -1.96. The van der Waals surface area contributed by atoms with Crippen molar-refractivity contribution in [2.24, 2.45) is 4.99 Å². The predicted octanol–water partition coefficient (Wildman–Crippen LogP) is 2.34. The smallest absolute Gasteiger partial charge is 0.169 e. The molecule has 0 saturated carbocycles. The van der Waals surface area contributed by atoms with Crippen molar-refractivity contribution in [2.45, 2.75) is 26.8 Å². The molecule has 0 aromatic carbocycles. The average Bonchev–Trinajstić information content (AvgIpc) is 2.46. The largest absolute Gasteiger partial charge is 0.295 e. The third-order valence-corrected chi connectivity index (χ3v) is 2.99. The number of rotatable bonds is 8. The molecule has 1 aromatic rings. The minimum absolute atomic E-state index is 0.0161. The van der Waals surface area contributed by atoms with Crippen LogP contribution in [0.3, 0.4) is 0 Å².